The van der Waals surface area contributed by atoms with Crippen molar-refractivity contribution < 1.29 is 4.74 Å². The highest BCUT2D eigenvalue weighted by molar-refractivity contribution is 7.07. The van der Waals surface area contributed by atoms with Crippen molar-refractivity contribution in [3.05, 3.63) is 29.1 Å². The van der Waals surface area contributed by atoms with E-state index >= 15 is 0 Å². The lowest BCUT2D eigenvalue weighted by Gasteiger charge is -2.08. The summed E-state index contributed by atoms with van der Waals surface area (Å²) in [5.74, 6) is 1.64. The summed E-state index contributed by atoms with van der Waals surface area (Å²) in [7, 11) is 0. The number of benzene rings is 1. The number of rotatable bonds is 4. The van der Waals surface area contributed by atoms with Gasteiger partial charge in [-0.25, -0.2) is 0 Å². The van der Waals surface area contributed by atoms with E-state index in [-0.39, 0.29) is 0 Å². The predicted molar refractivity (Wildman–Crippen MR) is 74.3 cm³/mol. The Balaban J connectivity index is 2.20. The molecule has 0 unspecified atom stereocenters. The number of nitrogen functional groups attached to an aromatic ring is 1. The summed E-state index contributed by atoms with van der Waals surface area (Å²) in [5, 5.41) is 0.589. The molecule has 0 bridgehead atoms. The Kier molecular flexibility index (Phi) is 3.81. The first-order valence-corrected chi connectivity index (χ1v) is 6.74. The SMILES string of the molecule is CCCc1nsc(Oc2cc(C)c(N)cc2C)n1. The lowest BCUT2D eigenvalue weighted by Crippen LogP contribution is -1.94. The zero-order valence-corrected chi connectivity index (χ0v) is 11.7. The second-order valence-corrected chi connectivity index (χ2v) is 5.02. The highest BCUT2D eigenvalue weighted by atomic mass is 32.1. The van der Waals surface area contributed by atoms with Gasteiger partial charge in [0, 0.05) is 23.6 Å². The molecule has 5 heteroatoms. The van der Waals surface area contributed by atoms with E-state index in [9.17, 15) is 0 Å². The van der Waals surface area contributed by atoms with E-state index in [0.29, 0.717) is 5.19 Å². The second kappa shape index (κ2) is 5.35. The van der Waals surface area contributed by atoms with Crippen LogP contribution in [0, 0.1) is 13.8 Å². The van der Waals surface area contributed by atoms with Gasteiger partial charge in [-0.2, -0.15) is 9.36 Å². The fourth-order valence-corrected chi connectivity index (χ4v) is 2.21. The summed E-state index contributed by atoms with van der Waals surface area (Å²) in [6.45, 7) is 6.04. The standard InChI is InChI=1S/C13H17N3OS/c1-4-5-12-15-13(18-16-12)17-11-7-8(2)10(14)6-9(11)3/h6-7H,4-5,14H2,1-3H3. The van der Waals surface area contributed by atoms with Crippen molar-refractivity contribution >= 4 is 17.2 Å². The van der Waals surface area contributed by atoms with E-state index in [1.807, 2.05) is 26.0 Å². The fourth-order valence-electron chi connectivity index (χ4n) is 1.62. The molecule has 0 atom stereocenters. The third-order valence-corrected chi connectivity index (χ3v) is 3.32. The summed E-state index contributed by atoms with van der Waals surface area (Å²) in [6, 6.07) is 3.85. The summed E-state index contributed by atoms with van der Waals surface area (Å²) in [4.78, 5) is 4.34. The van der Waals surface area contributed by atoms with Crippen LogP contribution in [0.1, 0.15) is 30.3 Å². The Labute approximate surface area is 111 Å². The van der Waals surface area contributed by atoms with Gasteiger partial charge in [0.1, 0.15) is 11.6 Å². The first kappa shape index (κ1) is 12.8. The monoisotopic (exact) mass is 263 g/mol. The Bertz CT molecular complexity index is 551. The molecule has 0 fully saturated rings. The van der Waals surface area contributed by atoms with Crippen molar-refractivity contribution in [2.24, 2.45) is 0 Å². The van der Waals surface area contributed by atoms with Crippen molar-refractivity contribution in [2.75, 3.05) is 5.73 Å². The van der Waals surface area contributed by atoms with Crippen LogP contribution >= 0.6 is 11.5 Å². The molecule has 2 rings (SSSR count). The van der Waals surface area contributed by atoms with Crippen molar-refractivity contribution in [3.63, 3.8) is 0 Å². The normalized spacial score (nSPS) is 10.6. The van der Waals surface area contributed by atoms with Crippen LogP contribution in [0.4, 0.5) is 5.69 Å². The minimum Gasteiger partial charge on any atom is -0.430 e. The Morgan fingerprint density at radius 1 is 1.28 bits per heavy atom. The summed E-state index contributed by atoms with van der Waals surface area (Å²) in [5.41, 5.74) is 8.64. The van der Waals surface area contributed by atoms with Gasteiger partial charge in [-0.3, -0.25) is 0 Å². The van der Waals surface area contributed by atoms with Crippen LogP contribution in [0.15, 0.2) is 12.1 Å². The molecule has 4 nitrogen and oxygen atoms in total. The maximum Gasteiger partial charge on any atom is 0.298 e. The van der Waals surface area contributed by atoms with Gasteiger partial charge >= 0.3 is 0 Å². The first-order chi connectivity index (χ1) is 8.60. The highest BCUT2D eigenvalue weighted by Gasteiger charge is 2.09. The third kappa shape index (κ3) is 2.79. The van der Waals surface area contributed by atoms with Crippen molar-refractivity contribution in [1.29, 1.82) is 0 Å². The minimum absolute atomic E-state index is 0.589. The van der Waals surface area contributed by atoms with Crippen LogP contribution in [0.2, 0.25) is 0 Å². The zero-order chi connectivity index (χ0) is 13.1. The van der Waals surface area contributed by atoms with Crippen LogP contribution in [-0.4, -0.2) is 9.36 Å². The van der Waals surface area contributed by atoms with Crippen LogP contribution in [-0.2, 0) is 6.42 Å². The van der Waals surface area contributed by atoms with E-state index in [1.165, 1.54) is 11.5 Å². The Morgan fingerprint density at radius 3 is 2.78 bits per heavy atom. The van der Waals surface area contributed by atoms with Gasteiger partial charge in [0.05, 0.1) is 0 Å². The quantitative estimate of drug-likeness (QED) is 0.858. The Hall–Kier alpha value is -1.62. The molecule has 2 N–H and O–H groups in total. The molecule has 2 aromatic rings. The molecule has 0 spiro atoms. The van der Waals surface area contributed by atoms with E-state index < -0.39 is 0 Å². The minimum atomic E-state index is 0.589. The van der Waals surface area contributed by atoms with Gasteiger partial charge in [-0.1, -0.05) is 6.92 Å². The largest absolute Gasteiger partial charge is 0.430 e. The van der Waals surface area contributed by atoms with Gasteiger partial charge in [0.25, 0.3) is 5.19 Å². The number of nitrogens with two attached hydrogens (primary N) is 1. The number of anilines is 1. The van der Waals surface area contributed by atoms with Gasteiger partial charge in [-0.15, -0.1) is 0 Å². The Morgan fingerprint density at radius 2 is 2.06 bits per heavy atom. The number of ether oxygens (including phenoxy) is 1. The molecule has 0 aliphatic rings. The molecular formula is C13H17N3OS. The molecule has 96 valence electrons. The maximum atomic E-state index is 5.85. The molecule has 1 aromatic heterocycles. The van der Waals surface area contributed by atoms with Crippen LogP contribution < -0.4 is 10.5 Å². The molecular weight excluding hydrogens is 246 g/mol. The van der Waals surface area contributed by atoms with Gasteiger partial charge < -0.3 is 10.5 Å². The van der Waals surface area contributed by atoms with Gasteiger partial charge in [0.2, 0.25) is 0 Å². The average Bonchev–Trinajstić information content (AvgIpc) is 2.74. The first-order valence-electron chi connectivity index (χ1n) is 5.97. The van der Waals surface area contributed by atoms with Gasteiger partial charge in [-0.05, 0) is 43.5 Å². The zero-order valence-electron chi connectivity index (χ0n) is 10.9. The molecule has 0 radical (unpaired) electrons. The molecule has 18 heavy (non-hydrogen) atoms. The van der Waals surface area contributed by atoms with Crippen molar-refractivity contribution in [2.45, 2.75) is 33.6 Å². The topological polar surface area (TPSA) is 61.0 Å². The maximum absolute atomic E-state index is 5.85. The number of hydrogen-bond donors (Lipinski definition) is 1. The smallest absolute Gasteiger partial charge is 0.298 e. The average molecular weight is 263 g/mol. The van der Waals surface area contributed by atoms with E-state index in [2.05, 4.69) is 16.3 Å². The van der Waals surface area contributed by atoms with Crippen molar-refractivity contribution in [3.8, 4) is 10.9 Å². The molecule has 0 aliphatic heterocycles. The molecule has 0 saturated carbocycles. The van der Waals surface area contributed by atoms with Crippen LogP contribution in [0.25, 0.3) is 0 Å². The number of aromatic nitrogens is 2. The molecule has 1 aromatic carbocycles. The highest BCUT2D eigenvalue weighted by Crippen LogP contribution is 2.29. The molecule has 0 saturated heterocycles. The third-order valence-electron chi connectivity index (χ3n) is 2.68. The molecule has 1 heterocycles. The lowest BCUT2D eigenvalue weighted by atomic mass is 10.1. The predicted octanol–water partition coefficient (Wildman–Crippen LogP) is 3.48. The number of nitrogens with zero attached hydrogens (tertiary/aromatic N) is 2. The van der Waals surface area contributed by atoms with Crippen LogP contribution in [0.3, 0.4) is 0 Å². The van der Waals surface area contributed by atoms with E-state index in [1.54, 1.807) is 0 Å². The fraction of sp³-hybridized carbons (Fsp3) is 0.385. The summed E-state index contributed by atoms with van der Waals surface area (Å²) in [6.07, 6.45) is 1.93. The van der Waals surface area contributed by atoms with Crippen LogP contribution in [0.5, 0.6) is 10.9 Å². The summed E-state index contributed by atoms with van der Waals surface area (Å²) < 4.78 is 10.0. The lowest BCUT2D eigenvalue weighted by molar-refractivity contribution is 0.473. The second-order valence-electron chi connectivity index (χ2n) is 4.30. The molecule has 0 aliphatic carbocycles. The number of hydrogen-bond acceptors (Lipinski definition) is 5. The number of aryl methyl sites for hydroxylation is 3. The summed E-state index contributed by atoms with van der Waals surface area (Å²) >= 11 is 1.29. The van der Waals surface area contributed by atoms with E-state index in [4.69, 9.17) is 10.5 Å². The molecule has 0 amide bonds. The van der Waals surface area contributed by atoms with Crippen molar-refractivity contribution in [1.82, 2.24) is 9.36 Å². The van der Waals surface area contributed by atoms with Gasteiger partial charge in [0.15, 0.2) is 0 Å². The van der Waals surface area contributed by atoms with E-state index in [0.717, 1.165) is 41.2 Å².